The van der Waals surface area contributed by atoms with E-state index in [1.807, 2.05) is 24.0 Å². The number of carbonyl (C=O) groups excluding carboxylic acids is 2. The lowest BCUT2D eigenvalue weighted by atomic mass is 9.75. The largest absolute Gasteiger partial charge is 0.462 e. The Morgan fingerprint density at radius 3 is 2.72 bits per heavy atom. The lowest BCUT2D eigenvalue weighted by Gasteiger charge is -2.40. The van der Waals surface area contributed by atoms with Crippen molar-refractivity contribution in [3.8, 4) is 0 Å². The highest BCUT2D eigenvalue weighted by molar-refractivity contribution is 8.00. The summed E-state index contributed by atoms with van der Waals surface area (Å²) in [4.78, 5) is 43.4. The van der Waals surface area contributed by atoms with Gasteiger partial charge in [-0.15, -0.1) is 11.8 Å². The minimum Gasteiger partial charge on any atom is -0.462 e. The van der Waals surface area contributed by atoms with Crippen LogP contribution >= 0.6 is 23.1 Å². The summed E-state index contributed by atoms with van der Waals surface area (Å²) in [6, 6.07) is 10.7. The standard InChI is InChI=1S/C27H27N3O4S2/c1-2-34-26(32)15-7-9-19(10-8-15)29-20(31)14-30-25-24(36-27(30)33)22(18-4-3-11-28-13-18)21-16-5-6-17(12-16)23(21)35-25/h3-4,7-11,13,16-17,21-23H,2,5-6,12,14H2,1H3,(H,29,31)/t16?,17?,21?,22-,23?/m1/s1. The lowest BCUT2D eigenvalue weighted by molar-refractivity contribution is -0.116. The van der Waals surface area contributed by atoms with Crippen LogP contribution < -0.4 is 10.2 Å². The number of thioether (sulfide) groups is 1. The molecule has 2 aromatic heterocycles. The van der Waals surface area contributed by atoms with Crippen molar-refractivity contribution in [1.82, 2.24) is 9.55 Å². The van der Waals surface area contributed by atoms with E-state index in [1.165, 1.54) is 36.2 Å². The van der Waals surface area contributed by atoms with Crippen molar-refractivity contribution in [2.75, 3.05) is 11.9 Å². The third-order valence-corrected chi connectivity index (χ3v) is 10.5. The molecule has 9 heteroatoms. The minimum absolute atomic E-state index is 0.0392. The third-order valence-electron chi connectivity index (χ3n) is 7.72. The highest BCUT2D eigenvalue weighted by Crippen LogP contribution is 2.63. The van der Waals surface area contributed by atoms with Gasteiger partial charge in [0.05, 0.1) is 17.2 Å². The number of ether oxygens (including phenoxy) is 1. The number of carbonyl (C=O) groups is 2. The fourth-order valence-electron chi connectivity index (χ4n) is 6.27. The van der Waals surface area contributed by atoms with Crippen LogP contribution in [0.25, 0.3) is 0 Å². The first-order valence-corrected chi connectivity index (χ1v) is 14.1. The molecule has 1 amide bonds. The summed E-state index contributed by atoms with van der Waals surface area (Å²) < 4.78 is 6.66. The van der Waals surface area contributed by atoms with Crippen molar-refractivity contribution < 1.29 is 14.3 Å². The number of fused-ring (bicyclic) bond motifs is 6. The quantitative estimate of drug-likeness (QED) is 0.470. The van der Waals surface area contributed by atoms with Gasteiger partial charge in [-0.05, 0) is 79.8 Å². The molecular weight excluding hydrogens is 494 g/mol. The number of esters is 1. The van der Waals surface area contributed by atoms with Gasteiger partial charge in [0.15, 0.2) is 0 Å². The van der Waals surface area contributed by atoms with E-state index < -0.39 is 5.97 Å². The van der Waals surface area contributed by atoms with Crippen molar-refractivity contribution >= 4 is 40.7 Å². The monoisotopic (exact) mass is 521 g/mol. The molecule has 36 heavy (non-hydrogen) atoms. The number of anilines is 1. The zero-order valence-corrected chi connectivity index (χ0v) is 21.5. The van der Waals surface area contributed by atoms with Crippen molar-refractivity contribution in [3.63, 3.8) is 0 Å². The van der Waals surface area contributed by atoms with Gasteiger partial charge >= 0.3 is 10.8 Å². The van der Waals surface area contributed by atoms with Gasteiger partial charge in [-0.1, -0.05) is 17.4 Å². The van der Waals surface area contributed by atoms with Gasteiger partial charge < -0.3 is 10.1 Å². The Balaban J connectivity index is 1.26. The molecule has 0 saturated heterocycles. The molecule has 186 valence electrons. The van der Waals surface area contributed by atoms with Gasteiger partial charge in [0.1, 0.15) is 6.54 Å². The number of nitrogens with zero attached hydrogens (tertiary/aromatic N) is 2. The van der Waals surface area contributed by atoms with Crippen LogP contribution in [0.5, 0.6) is 0 Å². The summed E-state index contributed by atoms with van der Waals surface area (Å²) in [5, 5.41) is 4.28. The van der Waals surface area contributed by atoms with Crippen LogP contribution in [0.2, 0.25) is 0 Å². The molecule has 2 saturated carbocycles. The van der Waals surface area contributed by atoms with Crippen LogP contribution in [-0.2, 0) is 16.1 Å². The van der Waals surface area contributed by atoms with Gasteiger partial charge in [0, 0.05) is 34.1 Å². The summed E-state index contributed by atoms with van der Waals surface area (Å²) in [5.41, 5.74) is 2.16. The van der Waals surface area contributed by atoms with Crippen LogP contribution in [0.1, 0.15) is 52.9 Å². The number of rotatable bonds is 6. The second kappa shape index (κ2) is 9.52. The Morgan fingerprint density at radius 2 is 1.97 bits per heavy atom. The second-order valence-corrected chi connectivity index (χ2v) is 11.9. The van der Waals surface area contributed by atoms with Crippen LogP contribution in [-0.4, -0.2) is 33.3 Å². The summed E-state index contributed by atoms with van der Waals surface area (Å²) >= 11 is 3.10. The van der Waals surface area contributed by atoms with Crippen LogP contribution in [0.4, 0.5) is 5.69 Å². The zero-order chi connectivity index (χ0) is 24.8. The molecule has 2 fully saturated rings. The summed E-state index contributed by atoms with van der Waals surface area (Å²) in [6.45, 7) is 2.02. The highest BCUT2D eigenvalue weighted by Gasteiger charge is 2.55. The molecule has 6 rings (SSSR count). The van der Waals surface area contributed by atoms with Gasteiger partial charge in [0.25, 0.3) is 0 Å². The molecule has 2 bridgehead atoms. The van der Waals surface area contributed by atoms with Crippen LogP contribution in [0.15, 0.2) is 58.6 Å². The number of thiazole rings is 1. The maximum Gasteiger partial charge on any atom is 0.338 e. The molecule has 3 heterocycles. The number of aromatic nitrogens is 2. The summed E-state index contributed by atoms with van der Waals surface area (Å²) in [5.74, 6) is 1.38. The van der Waals surface area contributed by atoms with E-state index in [1.54, 1.807) is 42.0 Å². The highest BCUT2D eigenvalue weighted by atomic mass is 32.2. The van der Waals surface area contributed by atoms with E-state index in [4.69, 9.17) is 4.74 Å². The molecule has 1 N–H and O–H groups in total. The molecule has 1 aromatic carbocycles. The fourth-order valence-corrected chi connectivity index (χ4v) is 9.42. The Morgan fingerprint density at radius 1 is 1.17 bits per heavy atom. The first kappa shape index (κ1) is 23.5. The molecule has 5 atom stereocenters. The SMILES string of the molecule is CCOC(=O)c1ccc(NC(=O)Cn2c3c(sc2=O)[C@H](c2cccnc2)C2C4CCC(C4)C2S3)cc1. The van der Waals surface area contributed by atoms with Crippen molar-refractivity contribution in [2.24, 2.45) is 17.8 Å². The van der Waals surface area contributed by atoms with Crippen molar-refractivity contribution in [1.29, 1.82) is 0 Å². The zero-order valence-electron chi connectivity index (χ0n) is 19.9. The van der Waals surface area contributed by atoms with E-state index in [-0.39, 0.29) is 23.2 Å². The predicted molar refractivity (Wildman–Crippen MR) is 140 cm³/mol. The Kier molecular flexibility index (Phi) is 6.21. The molecule has 1 aliphatic heterocycles. The first-order valence-electron chi connectivity index (χ1n) is 12.4. The summed E-state index contributed by atoms with van der Waals surface area (Å²) in [7, 11) is 0. The number of amides is 1. The molecule has 4 unspecified atom stereocenters. The maximum atomic E-state index is 13.2. The van der Waals surface area contributed by atoms with Gasteiger partial charge in [-0.3, -0.25) is 19.1 Å². The maximum absolute atomic E-state index is 13.2. The Labute approximate surface area is 217 Å². The molecule has 0 spiro atoms. The third kappa shape index (κ3) is 4.08. The number of nitrogens with one attached hydrogen (secondary N) is 1. The summed E-state index contributed by atoms with van der Waals surface area (Å²) in [6.07, 6.45) is 7.52. The average molecular weight is 522 g/mol. The van der Waals surface area contributed by atoms with Crippen LogP contribution in [0.3, 0.4) is 0 Å². The molecule has 2 aliphatic carbocycles. The average Bonchev–Trinajstić information content (AvgIpc) is 3.58. The van der Waals surface area contributed by atoms with E-state index in [9.17, 15) is 14.4 Å². The number of pyridine rings is 1. The van der Waals surface area contributed by atoms with Crippen molar-refractivity contribution in [3.05, 3.63) is 74.5 Å². The smallest absolute Gasteiger partial charge is 0.338 e. The fraction of sp³-hybridized carbons (Fsp3) is 0.407. The molecule has 0 radical (unpaired) electrons. The van der Waals surface area contributed by atoms with E-state index in [2.05, 4.69) is 16.4 Å². The normalized spacial score (nSPS) is 25.8. The first-order chi connectivity index (χ1) is 17.5. The predicted octanol–water partition coefficient (Wildman–Crippen LogP) is 4.77. The number of benzene rings is 1. The second-order valence-electron chi connectivity index (χ2n) is 9.73. The van der Waals surface area contributed by atoms with Crippen LogP contribution in [0, 0.1) is 17.8 Å². The molecular formula is C27H27N3O4S2. The minimum atomic E-state index is -0.397. The molecule has 3 aromatic rings. The van der Waals surface area contributed by atoms with Crippen molar-refractivity contribution in [2.45, 2.75) is 48.9 Å². The van der Waals surface area contributed by atoms with Gasteiger partial charge in [-0.25, -0.2) is 4.79 Å². The molecule has 3 aliphatic rings. The van der Waals surface area contributed by atoms with Gasteiger partial charge in [-0.2, -0.15) is 0 Å². The lowest BCUT2D eigenvalue weighted by Crippen LogP contribution is -2.34. The Bertz CT molecular complexity index is 1350. The number of hydrogen-bond acceptors (Lipinski definition) is 7. The van der Waals surface area contributed by atoms with Gasteiger partial charge in [0.2, 0.25) is 5.91 Å². The molecule has 7 nitrogen and oxygen atoms in total. The topological polar surface area (TPSA) is 90.3 Å². The van der Waals surface area contributed by atoms with E-state index >= 15 is 0 Å². The number of hydrogen-bond donors (Lipinski definition) is 1. The van der Waals surface area contributed by atoms with E-state index in [0.29, 0.717) is 40.9 Å². The Hall–Kier alpha value is -2.91. The van der Waals surface area contributed by atoms with E-state index in [0.717, 1.165) is 9.90 Å².